The second kappa shape index (κ2) is 6.18. The number of carbonyl (C=O) groups is 1. The molecule has 0 atom stereocenters. The molecule has 1 fully saturated rings. The molecule has 1 aliphatic carbocycles. The van der Waals surface area contributed by atoms with E-state index in [1.54, 1.807) is 18.3 Å². The van der Waals surface area contributed by atoms with Gasteiger partial charge in [-0.2, -0.15) is 5.10 Å². The smallest absolute Gasteiger partial charge is 0.268 e. The average Bonchev–Trinajstić information content (AvgIpc) is 3.27. The number of amides is 1. The van der Waals surface area contributed by atoms with Gasteiger partial charge in [0.05, 0.1) is 17.3 Å². The van der Waals surface area contributed by atoms with E-state index < -0.39 is 0 Å². The molecule has 4 nitrogen and oxygen atoms in total. The molecule has 124 valence electrons. The van der Waals surface area contributed by atoms with E-state index in [2.05, 4.69) is 10.4 Å². The maximum Gasteiger partial charge on any atom is 0.268 e. The fraction of sp³-hybridized carbons (Fsp3) is 0.294. The third-order valence-corrected chi connectivity index (χ3v) is 6.04. The highest BCUT2D eigenvalue weighted by atomic mass is 35.5. The largest absolute Gasteiger partial charge is 0.306 e. The van der Waals surface area contributed by atoms with Crippen LogP contribution in [0.1, 0.15) is 41.4 Å². The van der Waals surface area contributed by atoms with Gasteiger partial charge in [-0.15, -0.1) is 11.3 Å². The fourth-order valence-corrected chi connectivity index (χ4v) is 4.65. The highest BCUT2D eigenvalue weighted by molar-refractivity contribution is 7.21. The molecule has 1 aliphatic rings. The van der Waals surface area contributed by atoms with Gasteiger partial charge in [-0.3, -0.25) is 4.79 Å². The summed E-state index contributed by atoms with van der Waals surface area (Å²) in [5.74, 6) is 0.0413. The number of halogens is 2. The van der Waals surface area contributed by atoms with Crippen LogP contribution < -0.4 is 5.32 Å². The number of aromatic nitrogens is 2. The maximum atomic E-state index is 13.4. The van der Waals surface area contributed by atoms with Gasteiger partial charge >= 0.3 is 0 Å². The quantitative estimate of drug-likeness (QED) is 0.690. The molecule has 0 radical (unpaired) electrons. The molecule has 0 spiro atoms. The van der Waals surface area contributed by atoms with E-state index in [0.717, 1.165) is 12.8 Å². The standard InChI is InChI=1S/C17H15ClFN3OS/c18-15-12-6-5-10(19)9-13(12)24-16(15)17(23)21-14-7-8-20-22(14)11-3-1-2-4-11/h5-9,11H,1-4H2,(H,21,23). The minimum absolute atomic E-state index is 0.290. The first-order valence-electron chi connectivity index (χ1n) is 7.86. The van der Waals surface area contributed by atoms with Crippen LogP contribution in [0.25, 0.3) is 10.1 Å². The Morgan fingerprint density at radius 2 is 2.12 bits per heavy atom. The zero-order chi connectivity index (χ0) is 16.7. The van der Waals surface area contributed by atoms with E-state index >= 15 is 0 Å². The first-order valence-corrected chi connectivity index (χ1v) is 9.05. The highest BCUT2D eigenvalue weighted by Gasteiger charge is 2.22. The van der Waals surface area contributed by atoms with E-state index in [9.17, 15) is 9.18 Å². The number of thiophene rings is 1. The molecule has 3 aromatic rings. The summed E-state index contributed by atoms with van der Waals surface area (Å²) in [4.78, 5) is 13.0. The van der Waals surface area contributed by atoms with Crippen molar-refractivity contribution in [2.45, 2.75) is 31.7 Å². The number of rotatable bonds is 3. The number of hydrogen-bond acceptors (Lipinski definition) is 3. The van der Waals surface area contributed by atoms with E-state index in [4.69, 9.17) is 11.6 Å². The normalized spacial score (nSPS) is 15.2. The molecule has 2 heterocycles. The van der Waals surface area contributed by atoms with Crippen LogP contribution in [0.3, 0.4) is 0 Å². The van der Waals surface area contributed by atoms with E-state index in [0.29, 0.717) is 31.8 Å². The Bertz CT molecular complexity index is 914. The first-order chi connectivity index (χ1) is 11.6. The second-order valence-electron chi connectivity index (χ2n) is 5.94. The lowest BCUT2D eigenvalue weighted by Crippen LogP contribution is -2.17. The molecule has 1 N–H and O–H groups in total. The van der Waals surface area contributed by atoms with Crippen LogP contribution in [-0.2, 0) is 0 Å². The third kappa shape index (κ3) is 2.70. The summed E-state index contributed by atoms with van der Waals surface area (Å²) < 4.78 is 15.9. The van der Waals surface area contributed by atoms with Crippen molar-refractivity contribution in [1.82, 2.24) is 9.78 Å². The minimum Gasteiger partial charge on any atom is -0.306 e. The Labute approximate surface area is 147 Å². The van der Waals surface area contributed by atoms with Crippen LogP contribution in [0.15, 0.2) is 30.5 Å². The molecule has 0 aliphatic heterocycles. The number of benzene rings is 1. The van der Waals surface area contributed by atoms with Crippen LogP contribution in [-0.4, -0.2) is 15.7 Å². The van der Waals surface area contributed by atoms with Gasteiger partial charge < -0.3 is 5.32 Å². The number of carbonyl (C=O) groups excluding carboxylic acids is 1. The molecule has 2 aromatic heterocycles. The summed E-state index contributed by atoms with van der Waals surface area (Å²) in [6.07, 6.45) is 6.22. The molecule has 0 unspecified atom stereocenters. The van der Waals surface area contributed by atoms with Gasteiger partial charge in [0.2, 0.25) is 0 Å². The summed E-state index contributed by atoms with van der Waals surface area (Å²) in [6, 6.07) is 6.46. The predicted octanol–water partition coefficient (Wildman–Crippen LogP) is 5.26. The lowest BCUT2D eigenvalue weighted by Gasteiger charge is -2.14. The van der Waals surface area contributed by atoms with Crippen LogP contribution in [0, 0.1) is 5.82 Å². The average molecular weight is 364 g/mol. The molecule has 0 saturated heterocycles. The predicted molar refractivity (Wildman–Crippen MR) is 94.5 cm³/mol. The molecular weight excluding hydrogens is 349 g/mol. The highest BCUT2D eigenvalue weighted by Crippen LogP contribution is 2.36. The first kappa shape index (κ1) is 15.6. The van der Waals surface area contributed by atoms with Crippen molar-refractivity contribution in [3.63, 3.8) is 0 Å². The van der Waals surface area contributed by atoms with Crippen LogP contribution in [0.5, 0.6) is 0 Å². The lowest BCUT2D eigenvalue weighted by atomic mass is 10.2. The van der Waals surface area contributed by atoms with Gasteiger partial charge in [-0.25, -0.2) is 9.07 Å². The van der Waals surface area contributed by atoms with Crippen molar-refractivity contribution in [1.29, 1.82) is 0 Å². The molecule has 1 aromatic carbocycles. The molecular formula is C17H15ClFN3OS. The van der Waals surface area contributed by atoms with Crippen LogP contribution in [0.2, 0.25) is 5.02 Å². The van der Waals surface area contributed by atoms with Gasteiger partial charge in [0.1, 0.15) is 16.5 Å². The third-order valence-electron chi connectivity index (χ3n) is 4.38. The van der Waals surface area contributed by atoms with Crippen LogP contribution >= 0.6 is 22.9 Å². The number of nitrogens with one attached hydrogen (secondary N) is 1. The van der Waals surface area contributed by atoms with Gasteiger partial charge in [0, 0.05) is 16.2 Å². The number of fused-ring (bicyclic) bond motifs is 1. The SMILES string of the molecule is O=C(Nc1ccnn1C1CCCC1)c1sc2cc(F)ccc2c1Cl. The Balaban J connectivity index is 1.63. The Morgan fingerprint density at radius 1 is 1.33 bits per heavy atom. The van der Waals surface area contributed by atoms with Crippen molar-refractivity contribution in [3.8, 4) is 0 Å². The fourth-order valence-electron chi connectivity index (χ4n) is 3.21. The van der Waals surface area contributed by atoms with Gasteiger partial charge in [-0.05, 0) is 31.0 Å². The van der Waals surface area contributed by atoms with Crippen molar-refractivity contribution in [2.75, 3.05) is 5.32 Å². The van der Waals surface area contributed by atoms with E-state index in [-0.39, 0.29) is 11.7 Å². The van der Waals surface area contributed by atoms with Gasteiger partial charge in [-0.1, -0.05) is 24.4 Å². The Morgan fingerprint density at radius 3 is 2.92 bits per heavy atom. The summed E-state index contributed by atoms with van der Waals surface area (Å²) in [5, 5.41) is 8.29. The van der Waals surface area contributed by atoms with Gasteiger partial charge in [0.25, 0.3) is 5.91 Å². The van der Waals surface area contributed by atoms with Crippen molar-refractivity contribution < 1.29 is 9.18 Å². The molecule has 7 heteroatoms. The lowest BCUT2D eigenvalue weighted by molar-refractivity contribution is 0.102. The summed E-state index contributed by atoms with van der Waals surface area (Å²) >= 11 is 7.51. The summed E-state index contributed by atoms with van der Waals surface area (Å²) in [5.41, 5.74) is 0. The summed E-state index contributed by atoms with van der Waals surface area (Å²) in [7, 11) is 0. The van der Waals surface area contributed by atoms with Crippen LogP contribution in [0.4, 0.5) is 10.2 Å². The molecule has 1 saturated carbocycles. The molecule has 0 bridgehead atoms. The zero-order valence-electron chi connectivity index (χ0n) is 12.8. The molecule has 4 rings (SSSR count). The van der Waals surface area contributed by atoms with E-state index in [1.807, 2.05) is 4.68 Å². The monoisotopic (exact) mass is 363 g/mol. The maximum absolute atomic E-state index is 13.4. The Kier molecular flexibility index (Phi) is 4.02. The van der Waals surface area contributed by atoms with Gasteiger partial charge in [0.15, 0.2) is 0 Å². The van der Waals surface area contributed by atoms with E-state index in [1.165, 1.54) is 36.3 Å². The number of nitrogens with zero attached hydrogens (tertiary/aromatic N) is 2. The number of anilines is 1. The Hall–Kier alpha value is -1.92. The molecule has 1 amide bonds. The van der Waals surface area contributed by atoms with Crippen molar-refractivity contribution in [2.24, 2.45) is 0 Å². The van der Waals surface area contributed by atoms with Crippen molar-refractivity contribution >= 4 is 44.7 Å². The number of hydrogen-bond donors (Lipinski definition) is 1. The molecule has 24 heavy (non-hydrogen) atoms. The van der Waals surface area contributed by atoms with Crippen molar-refractivity contribution in [3.05, 3.63) is 46.2 Å². The second-order valence-corrected chi connectivity index (χ2v) is 7.37. The summed E-state index contributed by atoms with van der Waals surface area (Å²) in [6.45, 7) is 0. The minimum atomic E-state index is -0.341. The topological polar surface area (TPSA) is 46.9 Å². The zero-order valence-corrected chi connectivity index (χ0v) is 14.3.